The lowest BCUT2D eigenvalue weighted by atomic mass is 9.92. The summed E-state index contributed by atoms with van der Waals surface area (Å²) in [6, 6.07) is 8.17. The quantitative estimate of drug-likeness (QED) is 0.831. The highest BCUT2D eigenvalue weighted by Gasteiger charge is 2.23. The van der Waals surface area contributed by atoms with Crippen LogP contribution in [0.5, 0.6) is 0 Å². The highest BCUT2D eigenvalue weighted by molar-refractivity contribution is 9.10. The molecule has 1 aromatic rings. The van der Waals surface area contributed by atoms with Crippen molar-refractivity contribution in [1.82, 2.24) is 5.32 Å². The van der Waals surface area contributed by atoms with Crippen LogP contribution in [0, 0.1) is 5.41 Å². The molecule has 3 heteroatoms. The van der Waals surface area contributed by atoms with Gasteiger partial charge in [0, 0.05) is 28.5 Å². The molecule has 0 spiro atoms. The van der Waals surface area contributed by atoms with Gasteiger partial charge in [-0.15, -0.1) is 0 Å². The maximum Gasteiger partial charge on any atom is 0.129 e. The highest BCUT2D eigenvalue weighted by atomic mass is 79.9. The molecular formula is C12H15BrN2. The summed E-state index contributed by atoms with van der Waals surface area (Å²) in [5, 5.41) is 3.39. The number of halogens is 1. The molecule has 0 atom stereocenters. The Morgan fingerprint density at radius 3 is 2.67 bits per heavy atom. The van der Waals surface area contributed by atoms with Crippen molar-refractivity contribution in [3.63, 3.8) is 0 Å². The normalized spacial score (nSPS) is 19.3. The van der Waals surface area contributed by atoms with Crippen molar-refractivity contribution in [2.24, 2.45) is 10.4 Å². The number of nitrogens with one attached hydrogen (secondary N) is 1. The summed E-state index contributed by atoms with van der Waals surface area (Å²) in [5.74, 6) is 1.00. The molecule has 1 aromatic carbocycles. The van der Waals surface area contributed by atoms with Crippen LogP contribution in [-0.2, 0) is 0 Å². The largest absolute Gasteiger partial charge is 0.369 e. The molecule has 1 heterocycles. The number of aliphatic imine (C=N–C) groups is 1. The number of rotatable bonds is 1. The summed E-state index contributed by atoms with van der Waals surface area (Å²) in [5.41, 5.74) is 1.41. The third-order valence-electron chi connectivity index (χ3n) is 2.53. The van der Waals surface area contributed by atoms with Gasteiger partial charge in [0.25, 0.3) is 0 Å². The molecule has 0 radical (unpaired) electrons. The lowest BCUT2D eigenvalue weighted by Gasteiger charge is -2.29. The minimum Gasteiger partial charge on any atom is -0.369 e. The van der Waals surface area contributed by atoms with Gasteiger partial charge in [0.15, 0.2) is 0 Å². The lowest BCUT2D eigenvalue weighted by Crippen LogP contribution is -2.41. The molecule has 0 unspecified atom stereocenters. The zero-order valence-corrected chi connectivity index (χ0v) is 10.6. The summed E-state index contributed by atoms with van der Waals surface area (Å²) >= 11 is 3.54. The number of benzene rings is 1. The third-order valence-corrected chi connectivity index (χ3v) is 3.22. The summed E-state index contributed by atoms with van der Waals surface area (Å²) in [6.45, 7) is 6.31. The standard InChI is InChI=1S/C12H15BrN2/c1-12(2)7-14-11(15-8-12)9-5-3-4-6-10(9)13/h3-6H,7-8H2,1-2H3,(H,14,15). The van der Waals surface area contributed by atoms with Gasteiger partial charge in [-0.25, -0.2) is 0 Å². The zero-order valence-electron chi connectivity index (χ0n) is 9.05. The fourth-order valence-corrected chi connectivity index (χ4v) is 2.03. The molecule has 0 aromatic heterocycles. The SMILES string of the molecule is CC1(C)CN=C(c2ccccc2Br)NC1. The summed E-state index contributed by atoms with van der Waals surface area (Å²) < 4.78 is 1.09. The Morgan fingerprint density at radius 2 is 2.07 bits per heavy atom. The second-order valence-corrected chi connectivity index (χ2v) is 5.52. The number of amidine groups is 1. The monoisotopic (exact) mass is 266 g/mol. The molecule has 2 rings (SSSR count). The predicted molar refractivity (Wildman–Crippen MR) is 67.3 cm³/mol. The Hall–Kier alpha value is -0.830. The summed E-state index contributed by atoms with van der Waals surface area (Å²) in [7, 11) is 0. The van der Waals surface area contributed by atoms with Crippen molar-refractivity contribution in [2.45, 2.75) is 13.8 Å². The first kappa shape index (κ1) is 10.7. The molecule has 15 heavy (non-hydrogen) atoms. The number of hydrogen-bond donors (Lipinski definition) is 1. The van der Waals surface area contributed by atoms with Gasteiger partial charge in [-0.1, -0.05) is 48.0 Å². The number of hydrogen-bond acceptors (Lipinski definition) is 2. The van der Waals surface area contributed by atoms with Gasteiger partial charge in [-0.2, -0.15) is 0 Å². The van der Waals surface area contributed by atoms with Crippen LogP contribution in [0.25, 0.3) is 0 Å². The van der Waals surface area contributed by atoms with E-state index in [0.717, 1.165) is 29.0 Å². The van der Waals surface area contributed by atoms with Gasteiger partial charge in [0.2, 0.25) is 0 Å². The van der Waals surface area contributed by atoms with E-state index < -0.39 is 0 Å². The van der Waals surface area contributed by atoms with Gasteiger partial charge in [-0.05, 0) is 6.07 Å². The summed E-state index contributed by atoms with van der Waals surface area (Å²) in [6.07, 6.45) is 0. The fourth-order valence-electron chi connectivity index (χ4n) is 1.56. The van der Waals surface area contributed by atoms with E-state index in [9.17, 15) is 0 Å². The average molecular weight is 267 g/mol. The molecule has 2 nitrogen and oxygen atoms in total. The van der Waals surface area contributed by atoms with E-state index in [1.54, 1.807) is 0 Å². The first-order valence-electron chi connectivity index (χ1n) is 5.12. The molecule has 0 saturated heterocycles. The van der Waals surface area contributed by atoms with Gasteiger partial charge in [-0.3, -0.25) is 4.99 Å². The van der Waals surface area contributed by atoms with Crippen molar-refractivity contribution in [3.8, 4) is 0 Å². The molecule has 1 aliphatic heterocycles. The molecule has 1 N–H and O–H groups in total. The van der Waals surface area contributed by atoms with Crippen LogP contribution < -0.4 is 5.32 Å². The fraction of sp³-hybridized carbons (Fsp3) is 0.417. The Balaban J connectivity index is 2.27. The van der Waals surface area contributed by atoms with E-state index in [1.807, 2.05) is 18.2 Å². The number of nitrogens with zero attached hydrogens (tertiary/aromatic N) is 1. The highest BCUT2D eigenvalue weighted by Crippen LogP contribution is 2.21. The zero-order chi connectivity index (χ0) is 10.9. The van der Waals surface area contributed by atoms with Crippen LogP contribution in [0.3, 0.4) is 0 Å². The van der Waals surface area contributed by atoms with Crippen molar-refractivity contribution < 1.29 is 0 Å². The van der Waals surface area contributed by atoms with E-state index in [2.05, 4.69) is 46.2 Å². The minimum atomic E-state index is 0.269. The van der Waals surface area contributed by atoms with Crippen molar-refractivity contribution in [3.05, 3.63) is 34.3 Å². The summed E-state index contributed by atoms with van der Waals surface area (Å²) in [4.78, 5) is 4.59. The van der Waals surface area contributed by atoms with Crippen LogP contribution in [0.15, 0.2) is 33.7 Å². The van der Waals surface area contributed by atoms with Gasteiger partial charge in [0.05, 0.1) is 0 Å². The minimum absolute atomic E-state index is 0.269. The Labute approximate surface area is 98.9 Å². The van der Waals surface area contributed by atoms with Crippen LogP contribution in [0.2, 0.25) is 0 Å². The predicted octanol–water partition coefficient (Wildman–Crippen LogP) is 2.83. The molecule has 80 valence electrons. The molecule has 0 aliphatic carbocycles. The van der Waals surface area contributed by atoms with E-state index in [1.165, 1.54) is 0 Å². The molecule has 0 fully saturated rings. The second kappa shape index (κ2) is 3.97. The van der Waals surface area contributed by atoms with Crippen molar-refractivity contribution >= 4 is 21.8 Å². The molecule has 0 saturated carbocycles. The van der Waals surface area contributed by atoms with E-state index in [0.29, 0.717) is 0 Å². The van der Waals surface area contributed by atoms with E-state index in [4.69, 9.17) is 0 Å². The molecular weight excluding hydrogens is 252 g/mol. The molecule has 0 amide bonds. The topological polar surface area (TPSA) is 24.4 Å². The third kappa shape index (κ3) is 2.40. The van der Waals surface area contributed by atoms with Crippen LogP contribution in [0.1, 0.15) is 19.4 Å². The second-order valence-electron chi connectivity index (χ2n) is 4.66. The smallest absolute Gasteiger partial charge is 0.129 e. The maximum atomic E-state index is 4.59. The van der Waals surface area contributed by atoms with Crippen LogP contribution in [0.4, 0.5) is 0 Å². The molecule has 0 bridgehead atoms. The Bertz CT molecular complexity index is 396. The van der Waals surface area contributed by atoms with E-state index >= 15 is 0 Å². The lowest BCUT2D eigenvalue weighted by molar-refractivity contribution is 0.362. The van der Waals surface area contributed by atoms with Crippen LogP contribution in [-0.4, -0.2) is 18.9 Å². The average Bonchev–Trinajstić information content (AvgIpc) is 2.19. The van der Waals surface area contributed by atoms with Gasteiger partial charge in [0.1, 0.15) is 5.84 Å². The Kier molecular flexibility index (Phi) is 2.83. The first-order valence-corrected chi connectivity index (χ1v) is 5.91. The van der Waals surface area contributed by atoms with Crippen LogP contribution >= 0.6 is 15.9 Å². The first-order chi connectivity index (χ1) is 7.08. The molecule has 1 aliphatic rings. The van der Waals surface area contributed by atoms with Crippen molar-refractivity contribution in [2.75, 3.05) is 13.1 Å². The Morgan fingerprint density at radius 1 is 1.33 bits per heavy atom. The van der Waals surface area contributed by atoms with Gasteiger partial charge < -0.3 is 5.32 Å². The van der Waals surface area contributed by atoms with Crippen molar-refractivity contribution in [1.29, 1.82) is 0 Å². The van der Waals surface area contributed by atoms with Gasteiger partial charge >= 0.3 is 0 Å². The maximum absolute atomic E-state index is 4.59. The van der Waals surface area contributed by atoms with E-state index in [-0.39, 0.29) is 5.41 Å².